The number of rotatable bonds is 4. The first kappa shape index (κ1) is 11.7. The number of aromatic nitrogens is 6. The minimum absolute atomic E-state index is 0.0750. The Kier molecular flexibility index (Phi) is 3.27. The number of tetrazole rings is 1. The highest BCUT2D eigenvalue weighted by Gasteiger charge is 2.12. The van der Waals surface area contributed by atoms with Crippen molar-refractivity contribution in [3.05, 3.63) is 18.2 Å². The van der Waals surface area contributed by atoms with Crippen molar-refractivity contribution in [3.63, 3.8) is 0 Å². The summed E-state index contributed by atoms with van der Waals surface area (Å²) in [6, 6.07) is 0. The molecule has 0 fully saturated rings. The average Bonchev–Trinajstić information content (AvgIpc) is 3.00. The number of carbonyl (C=O) groups is 2. The van der Waals surface area contributed by atoms with E-state index in [0.29, 0.717) is 5.69 Å². The highest BCUT2D eigenvalue weighted by atomic mass is 16.2. The summed E-state index contributed by atoms with van der Waals surface area (Å²) in [5, 5.41) is 21.4. The van der Waals surface area contributed by atoms with Crippen molar-refractivity contribution in [2.24, 2.45) is 0 Å². The molecule has 2 aromatic rings. The van der Waals surface area contributed by atoms with E-state index in [-0.39, 0.29) is 18.3 Å². The Hall–Kier alpha value is -2.78. The van der Waals surface area contributed by atoms with Gasteiger partial charge in [0.1, 0.15) is 6.54 Å². The van der Waals surface area contributed by atoms with E-state index in [1.54, 1.807) is 0 Å². The molecule has 18 heavy (non-hydrogen) atoms. The molecule has 2 aromatic heterocycles. The Bertz CT molecular complexity index is 545. The van der Waals surface area contributed by atoms with Crippen molar-refractivity contribution in [1.29, 1.82) is 0 Å². The van der Waals surface area contributed by atoms with Crippen LogP contribution >= 0.6 is 0 Å². The van der Waals surface area contributed by atoms with E-state index in [1.807, 2.05) is 0 Å². The highest BCUT2D eigenvalue weighted by molar-refractivity contribution is 6.01. The van der Waals surface area contributed by atoms with Crippen LogP contribution in [0.1, 0.15) is 10.6 Å². The average molecular weight is 250 g/mol. The fourth-order valence-electron chi connectivity index (χ4n) is 1.19. The summed E-state index contributed by atoms with van der Waals surface area (Å²) in [5.41, 5.74) is 0.439. The van der Waals surface area contributed by atoms with Crippen molar-refractivity contribution in [2.75, 3.05) is 12.4 Å². The van der Waals surface area contributed by atoms with Gasteiger partial charge in [-0.15, -0.1) is 10.2 Å². The Balaban J connectivity index is 1.98. The molecule has 0 aliphatic heterocycles. The zero-order chi connectivity index (χ0) is 13.0. The molecule has 2 amide bonds. The van der Waals surface area contributed by atoms with Crippen LogP contribution in [0, 0.1) is 0 Å². The first-order valence-corrected chi connectivity index (χ1v) is 4.97. The van der Waals surface area contributed by atoms with Crippen LogP contribution in [0.5, 0.6) is 0 Å². The summed E-state index contributed by atoms with van der Waals surface area (Å²) >= 11 is 0. The van der Waals surface area contributed by atoms with Crippen LogP contribution in [0.15, 0.2) is 12.4 Å². The molecule has 0 spiro atoms. The van der Waals surface area contributed by atoms with Crippen LogP contribution in [-0.4, -0.2) is 49.3 Å². The summed E-state index contributed by atoms with van der Waals surface area (Å²) in [5.74, 6) is -0.772. The number of anilines is 1. The van der Waals surface area contributed by atoms with Gasteiger partial charge >= 0.3 is 0 Å². The maximum absolute atomic E-state index is 11.6. The molecule has 0 aliphatic rings. The van der Waals surface area contributed by atoms with Gasteiger partial charge in [-0.1, -0.05) is 0 Å². The number of H-pyrrole nitrogens is 1. The molecule has 2 rings (SSSR count). The highest BCUT2D eigenvalue weighted by Crippen LogP contribution is 2.05. The molecule has 0 bridgehead atoms. The predicted molar refractivity (Wildman–Crippen MR) is 58.4 cm³/mol. The van der Waals surface area contributed by atoms with E-state index in [1.165, 1.54) is 24.1 Å². The largest absolute Gasteiger partial charge is 0.358 e. The van der Waals surface area contributed by atoms with Gasteiger partial charge in [0.05, 0.1) is 11.9 Å². The van der Waals surface area contributed by atoms with Crippen LogP contribution < -0.4 is 10.6 Å². The third-order valence-electron chi connectivity index (χ3n) is 2.02. The molecule has 0 saturated heterocycles. The third-order valence-corrected chi connectivity index (χ3v) is 2.02. The van der Waals surface area contributed by atoms with Crippen LogP contribution in [0.4, 0.5) is 5.69 Å². The summed E-state index contributed by atoms with van der Waals surface area (Å²) in [6.45, 7) is 0.0780. The molecule has 10 heteroatoms. The first-order chi connectivity index (χ1) is 8.69. The smallest absolute Gasteiger partial charge is 0.297 e. The molecule has 94 valence electrons. The summed E-state index contributed by atoms with van der Waals surface area (Å²) in [6.07, 6.45) is 2.94. The second kappa shape index (κ2) is 5.03. The SMILES string of the molecule is CNC(=O)Cn1cc(NC(=O)c2nn[nH]n2)cn1. The van der Waals surface area contributed by atoms with Crippen molar-refractivity contribution in [3.8, 4) is 0 Å². The zero-order valence-corrected chi connectivity index (χ0v) is 9.41. The molecular weight excluding hydrogens is 240 g/mol. The van der Waals surface area contributed by atoms with Crippen molar-refractivity contribution in [1.82, 2.24) is 35.7 Å². The minimum Gasteiger partial charge on any atom is -0.358 e. The first-order valence-electron chi connectivity index (χ1n) is 4.97. The number of hydrogen-bond donors (Lipinski definition) is 3. The van der Waals surface area contributed by atoms with Gasteiger partial charge in [0.2, 0.25) is 5.91 Å². The number of amides is 2. The molecule has 0 saturated carbocycles. The maximum Gasteiger partial charge on any atom is 0.297 e. The van der Waals surface area contributed by atoms with Gasteiger partial charge in [-0.2, -0.15) is 10.3 Å². The molecule has 0 aliphatic carbocycles. The van der Waals surface area contributed by atoms with Gasteiger partial charge in [-0.25, -0.2) is 0 Å². The fourth-order valence-corrected chi connectivity index (χ4v) is 1.19. The Morgan fingerprint density at radius 1 is 1.50 bits per heavy atom. The van der Waals surface area contributed by atoms with E-state index in [9.17, 15) is 9.59 Å². The second-order valence-corrected chi connectivity index (χ2v) is 3.29. The van der Waals surface area contributed by atoms with Crippen molar-refractivity contribution >= 4 is 17.5 Å². The maximum atomic E-state index is 11.6. The van der Waals surface area contributed by atoms with Crippen LogP contribution in [0.25, 0.3) is 0 Å². The predicted octanol–water partition coefficient (Wildman–Crippen LogP) is -1.61. The lowest BCUT2D eigenvalue weighted by molar-refractivity contribution is -0.121. The standard InChI is InChI=1S/C8H10N8O2/c1-9-6(17)4-16-3-5(2-10-16)11-8(18)7-12-14-15-13-7/h2-3H,4H2,1H3,(H,9,17)(H,11,18)(H,12,13,14,15). The number of likely N-dealkylation sites (N-methyl/N-ethyl adjacent to an activating group) is 1. The zero-order valence-electron chi connectivity index (χ0n) is 9.41. The summed E-state index contributed by atoms with van der Waals surface area (Å²) in [4.78, 5) is 22.7. The molecule has 0 atom stereocenters. The van der Waals surface area contributed by atoms with Crippen molar-refractivity contribution < 1.29 is 9.59 Å². The van der Waals surface area contributed by atoms with E-state index < -0.39 is 5.91 Å². The second-order valence-electron chi connectivity index (χ2n) is 3.29. The molecule has 0 unspecified atom stereocenters. The minimum atomic E-state index is -0.511. The van der Waals surface area contributed by atoms with Crippen molar-refractivity contribution in [2.45, 2.75) is 6.54 Å². The molecule has 10 nitrogen and oxygen atoms in total. The molecular formula is C8H10N8O2. The van der Waals surface area contributed by atoms with Gasteiger partial charge in [-0.05, 0) is 5.21 Å². The Labute approximate surface area is 101 Å². The summed E-state index contributed by atoms with van der Waals surface area (Å²) in [7, 11) is 1.53. The van der Waals surface area contributed by atoms with Crippen LogP contribution in [0.3, 0.4) is 0 Å². The lowest BCUT2D eigenvalue weighted by atomic mass is 10.5. The number of nitrogens with zero attached hydrogens (tertiary/aromatic N) is 5. The topological polar surface area (TPSA) is 130 Å². The monoisotopic (exact) mass is 250 g/mol. The molecule has 0 aromatic carbocycles. The van der Waals surface area contributed by atoms with Gasteiger partial charge in [0.15, 0.2) is 0 Å². The fraction of sp³-hybridized carbons (Fsp3) is 0.250. The van der Waals surface area contributed by atoms with Gasteiger partial charge < -0.3 is 10.6 Å². The number of hydrogen-bond acceptors (Lipinski definition) is 6. The lowest BCUT2D eigenvalue weighted by Gasteiger charge is -1.99. The van der Waals surface area contributed by atoms with E-state index in [4.69, 9.17) is 0 Å². The lowest BCUT2D eigenvalue weighted by Crippen LogP contribution is -2.23. The number of nitrogens with one attached hydrogen (secondary N) is 3. The third kappa shape index (κ3) is 2.66. The van der Waals surface area contributed by atoms with E-state index >= 15 is 0 Å². The number of aromatic amines is 1. The van der Waals surface area contributed by atoms with Gasteiger partial charge in [-0.3, -0.25) is 14.3 Å². The molecule has 0 radical (unpaired) electrons. The molecule has 3 N–H and O–H groups in total. The normalized spacial score (nSPS) is 10.1. The van der Waals surface area contributed by atoms with Gasteiger partial charge in [0, 0.05) is 13.2 Å². The van der Waals surface area contributed by atoms with E-state index in [0.717, 1.165) is 0 Å². The summed E-state index contributed by atoms with van der Waals surface area (Å²) < 4.78 is 1.39. The van der Waals surface area contributed by atoms with E-state index in [2.05, 4.69) is 36.4 Å². The van der Waals surface area contributed by atoms with Crippen LogP contribution in [0.2, 0.25) is 0 Å². The number of carbonyl (C=O) groups excluding carboxylic acids is 2. The Morgan fingerprint density at radius 3 is 3.00 bits per heavy atom. The quantitative estimate of drug-likeness (QED) is 0.598. The Morgan fingerprint density at radius 2 is 2.33 bits per heavy atom. The van der Waals surface area contributed by atoms with Gasteiger partial charge in [0.25, 0.3) is 11.7 Å². The van der Waals surface area contributed by atoms with Crippen LogP contribution in [-0.2, 0) is 11.3 Å². The molecule has 2 heterocycles.